The van der Waals surface area contributed by atoms with Crippen LogP contribution in [0.5, 0.6) is 5.75 Å². The quantitative estimate of drug-likeness (QED) is 0.524. The van der Waals surface area contributed by atoms with Crippen LogP contribution in [0, 0.1) is 0 Å². The molecule has 0 radical (unpaired) electrons. The van der Waals surface area contributed by atoms with Gasteiger partial charge in [0, 0.05) is 68.4 Å². The molecule has 1 N–H and O–H groups in total. The van der Waals surface area contributed by atoms with Gasteiger partial charge in [-0.15, -0.1) is 0 Å². The van der Waals surface area contributed by atoms with Crippen molar-refractivity contribution >= 4 is 22.9 Å². The van der Waals surface area contributed by atoms with E-state index in [1.165, 1.54) is 5.69 Å². The third-order valence-electron chi connectivity index (χ3n) is 6.34. The zero-order valence-corrected chi connectivity index (χ0v) is 18.7. The summed E-state index contributed by atoms with van der Waals surface area (Å²) in [6.07, 6.45) is 10.5. The second kappa shape index (κ2) is 7.33. The molecule has 2 aliphatic heterocycles. The summed E-state index contributed by atoms with van der Waals surface area (Å²) in [5, 5.41) is 7.40. The Morgan fingerprint density at radius 3 is 3.00 bits per heavy atom. The maximum Gasteiger partial charge on any atom is 0.261 e. The summed E-state index contributed by atoms with van der Waals surface area (Å²) in [5.74, 6) is 0.657. The van der Waals surface area contributed by atoms with E-state index in [0.717, 1.165) is 55.2 Å². The molecule has 0 bridgehead atoms. The molecule has 9 heteroatoms. The number of fused-ring (bicyclic) bond motifs is 3. The number of carbonyl (C=O) groups is 1. The van der Waals surface area contributed by atoms with Gasteiger partial charge in [-0.3, -0.25) is 4.79 Å². The van der Waals surface area contributed by atoms with Crippen molar-refractivity contribution in [2.45, 2.75) is 38.8 Å². The van der Waals surface area contributed by atoms with Crippen molar-refractivity contribution in [3.05, 3.63) is 66.1 Å². The van der Waals surface area contributed by atoms with Crippen LogP contribution in [0.4, 0.5) is 11.4 Å². The summed E-state index contributed by atoms with van der Waals surface area (Å²) in [5.41, 5.74) is 4.77. The minimum atomic E-state index is -0.266. The highest BCUT2D eigenvalue weighted by molar-refractivity contribution is 6.09. The maximum atomic E-state index is 13.3. The minimum absolute atomic E-state index is 0.228. The molecule has 5 heterocycles. The third-order valence-corrected chi connectivity index (χ3v) is 6.34. The van der Waals surface area contributed by atoms with E-state index in [4.69, 9.17) is 4.74 Å². The van der Waals surface area contributed by atoms with Crippen molar-refractivity contribution in [2.24, 2.45) is 0 Å². The van der Waals surface area contributed by atoms with Crippen molar-refractivity contribution in [3.63, 3.8) is 0 Å². The van der Waals surface area contributed by atoms with Crippen LogP contribution in [0.15, 0.2) is 49.3 Å². The molecule has 9 nitrogen and oxygen atoms in total. The molecule has 0 fully saturated rings. The topological polar surface area (TPSA) is 89.6 Å². The Morgan fingerprint density at radius 1 is 1.18 bits per heavy atom. The largest absolute Gasteiger partial charge is 0.487 e. The van der Waals surface area contributed by atoms with E-state index in [0.29, 0.717) is 11.2 Å². The SMILES string of the molecule is CC1(C)Cc2cc(NC(=O)c3cnn4cccnc34)c(N3CCc4cncn4CC3)cc2O1. The van der Waals surface area contributed by atoms with Crippen molar-refractivity contribution in [1.29, 1.82) is 0 Å². The third kappa shape index (κ3) is 3.49. The van der Waals surface area contributed by atoms with Crippen LogP contribution < -0.4 is 15.0 Å². The molecule has 0 spiro atoms. The second-order valence-electron chi connectivity index (χ2n) is 9.23. The fourth-order valence-corrected chi connectivity index (χ4v) is 4.77. The smallest absolute Gasteiger partial charge is 0.261 e. The molecule has 0 aliphatic carbocycles. The first-order chi connectivity index (χ1) is 16.0. The Bertz CT molecular complexity index is 1350. The van der Waals surface area contributed by atoms with Crippen LogP contribution in [-0.2, 0) is 19.4 Å². The Hall–Kier alpha value is -3.88. The van der Waals surface area contributed by atoms with Crippen LogP contribution in [0.1, 0.15) is 35.5 Å². The van der Waals surface area contributed by atoms with E-state index < -0.39 is 0 Å². The number of carbonyl (C=O) groups excluding carboxylic acids is 1. The number of anilines is 2. The Kier molecular flexibility index (Phi) is 4.39. The van der Waals surface area contributed by atoms with Crippen LogP contribution in [0.2, 0.25) is 0 Å². The van der Waals surface area contributed by atoms with Crippen LogP contribution >= 0.6 is 0 Å². The summed E-state index contributed by atoms with van der Waals surface area (Å²) >= 11 is 0. The lowest BCUT2D eigenvalue weighted by molar-refractivity contribution is 0.102. The van der Waals surface area contributed by atoms with Crippen molar-refractivity contribution in [2.75, 3.05) is 23.3 Å². The minimum Gasteiger partial charge on any atom is -0.487 e. The molecular formula is C24H25N7O2. The Labute approximate surface area is 191 Å². The van der Waals surface area contributed by atoms with E-state index in [1.807, 2.05) is 12.5 Å². The van der Waals surface area contributed by atoms with E-state index >= 15 is 0 Å². The molecule has 0 atom stereocenters. The molecule has 2 aliphatic rings. The van der Waals surface area contributed by atoms with E-state index in [2.05, 4.69) is 55.8 Å². The van der Waals surface area contributed by atoms with Gasteiger partial charge in [-0.1, -0.05) is 0 Å². The summed E-state index contributed by atoms with van der Waals surface area (Å²) < 4.78 is 10.0. The number of imidazole rings is 1. The van der Waals surface area contributed by atoms with Gasteiger partial charge < -0.3 is 19.5 Å². The number of benzene rings is 1. The molecule has 4 aromatic rings. The lowest BCUT2D eigenvalue weighted by Crippen LogP contribution is -2.28. The van der Waals surface area contributed by atoms with Crippen molar-refractivity contribution in [1.82, 2.24) is 24.1 Å². The first kappa shape index (κ1) is 19.8. The Balaban J connectivity index is 1.36. The van der Waals surface area contributed by atoms with Gasteiger partial charge >= 0.3 is 0 Å². The fourth-order valence-electron chi connectivity index (χ4n) is 4.77. The number of nitrogens with zero attached hydrogens (tertiary/aromatic N) is 6. The number of aromatic nitrogens is 5. The lowest BCUT2D eigenvalue weighted by atomic mass is 10.0. The molecule has 0 saturated carbocycles. The first-order valence-electron chi connectivity index (χ1n) is 11.2. The monoisotopic (exact) mass is 443 g/mol. The molecule has 1 aromatic carbocycles. The van der Waals surface area contributed by atoms with Gasteiger partial charge in [-0.2, -0.15) is 5.10 Å². The highest BCUT2D eigenvalue weighted by atomic mass is 16.5. The van der Waals surface area contributed by atoms with E-state index in [9.17, 15) is 4.79 Å². The number of ether oxygens (including phenoxy) is 1. The molecule has 3 aromatic heterocycles. The average molecular weight is 444 g/mol. The highest BCUT2D eigenvalue weighted by Crippen LogP contribution is 2.42. The van der Waals surface area contributed by atoms with Gasteiger partial charge in [0.25, 0.3) is 5.91 Å². The summed E-state index contributed by atoms with van der Waals surface area (Å²) in [7, 11) is 0. The van der Waals surface area contributed by atoms with Gasteiger partial charge in [0.15, 0.2) is 5.65 Å². The Morgan fingerprint density at radius 2 is 2.09 bits per heavy atom. The summed E-state index contributed by atoms with van der Waals surface area (Å²) in [6.45, 7) is 6.65. The fraction of sp³-hybridized carbons (Fsp3) is 0.333. The van der Waals surface area contributed by atoms with Gasteiger partial charge in [0.1, 0.15) is 16.9 Å². The number of rotatable bonds is 3. The van der Waals surface area contributed by atoms with Crippen LogP contribution in [-0.4, -0.2) is 48.7 Å². The predicted octanol–water partition coefficient (Wildman–Crippen LogP) is 2.95. The molecule has 33 heavy (non-hydrogen) atoms. The average Bonchev–Trinajstić information content (AvgIpc) is 3.46. The zero-order valence-electron chi connectivity index (χ0n) is 18.7. The number of nitrogens with one attached hydrogen (secondary N) is 1. The number of hydrogen-bond donors (Lipinski definition) is 1. The van der Waals surface area contributed by atoms with Gasteiger partial charge in [-0.25, -0.2) is 14.5 Å². The molecule has 1 amide bonds. The molecule has 168 valence electrons. The van der Waals surface area contributed by atoms with E-state index in [-0.39, 0.29) is 11.5 Å². The standard InChI is InChI=1S/C24H25N7O2/c1-24(2)12-16-10-19(28-23(32)18-14-27-31-6-3-5-26-22(18)31)20(11-21(16)33-24)29-7-4-17-13-25-15-30(17)9-8-29/h3,5-6,10-11,13-15H,4,7-9,12H2,1-2H3,(H,28,32). The summed E-state index contributed by atoms with van der Waals surface area (Å²) in [6, 6.07) is 5.92. The number of amides is 1. The van der Waals surface area contributed by atoms with Gasteiger partial charge in [-0.05, 0) is 26.0 Å². The molecule has 6 rings (SSSR count). The summed E-state index contributed by atoms with van der Waals surface area (Å²) in [4.78, 5) is 24.2. The van der Waals surface area contributed by atoms with Crippen molar-refractivity contribution < 1.29 is 9.53 Å². The van der Waals surface area contributed by atoms with Crippen LogP contribution in [0.25, 0.3) is 5.65 Å². The lowest BCUT2D eigenvalue weighted by Gasteiger charge is -2.26. The predicted molar refractivity (Wildman–Crippen MR) is 124 cm³/mol. The van der Waals surface area contributed by atoms with Gasteiger partial charge in [0.05, 0.1) is 23.9 Å². The normalized spacial score (nSPS) is 16.7. The van der Waals surface area contributed by atoms with E-state index in [1.54, 1.807) is 29.2 Å². The first-order valence-corrected chi connectivity index (χ1v) is 11.2. The molecule has 0 unspecified atom stereocenters. The second-order valence-corrected chi connectivity index (χ2v) is 9.23. The highest BCUT2D eigenvalue weighted by Gasteiger charge is 2.32. The molecule has 0 saturated heterocycles. The maximum absolute atomic E-state index is 13.3. The zero-order chi connectivity index (χ0) is 22.6. The van der Waals surface area contributed by atoms with Crippen molar-refractivity contribution in [3.8, 4) is 5.75 Å². The number of hydrogen-bond acceptors (Lipinski definition) is 6. The van der Waals surface area contributed by atoms with Gasteiger partial charge in [0.2, 0.25) is 0 Å². The molecular weight excluding hydrogens is 418 g/mol. The van der Waals surface area contributed by atoms with Crippen LogP contribution in [0.3, 0.4) is 0 Å².